The van der Waals surface area contributed by atoms with Crippen molar-refractivity contribution >= 4 is 11.7 Å². The molecule has 0 saturated carbocycles. The maximum Gasteiger partial charge on any atom is 0.269 e. The fourth-order valence-corrected chi connectivity index (χ4v) is 2.00. The average molecular weight is 238 g/mol. The van der Waals surface area contributed by atoms with Crippen LogP contribution >= 0.6 is 0 Å². The average Bonchev–Trinajstić information content (AvgIpc) is 2.63. The number of aromatic nitrogens is 2. The lowest BCUT2D eigenvalue weighted by molar-refractivity contribution is 0.0932. The second-order valence-electron chi connectivity index (χ2n) is 5.07. The van der Waals surface area contributed by atoms with Crippen LogP contribution in [0.1, 0.15) is 38.2 Å². The Labute approximate surface area is 102 Å². The van der Waals surface area contributed by atoms with Crippen molar-refractivity contribution in [2.24, 2.45) is 17.8 Å². The van der Waals surface area contributed by atoms with Gasteiger partial charge in [0.2, 0.25) is 0 Å². The van der Waals surface area contributed by atoms with Crippen LogP contribution in [-0.4, -0.2) is 22.6 Å². The molecule has 0 bridgehead atoms. The summed E-state index contributed by atoms with van der Waals surface area (Å²) < 4.78 is 0. The number of nitrogens with zero attached hydrogens (tertiary/aromatic N) is 1. The van der Waals surface area contributed by atoms with Gasteiger partial charge in [-0.2, -0.15) is 5.10 Å². The highest BCUT2D eigenvalue weighted by atomic mass is 16.1. The molecule has 0 spiro atoms. The zero-order valence-electron chi connectivity index (χ0n) is 10.9. The zero-order chi connectivity index (χ0) is 13.0. The van der Waals surface area contributed by atoms with Crippen molar-refractivity contribution in [3.05, 3.63) is 11.8 Å². The van der Waals surface area contributed by atoms with Crippen LogP contribution in [0.15, 0.2) is 6.07 Å². The first kappa shape index (κ1) is 13.5. The second kappa shape index (κ2) is 5.70. The lowest BCUT2D eigenvalue weighted by Gasteiger charge is -2.24. The summed E-state index contributed by atoms with van der Waals surface area (Å²) in [5, 5.41) is 9.24. The van der Waals surface area contributed by atoms with Gasteiger partial charge in [0.1, 0.15) is 11.5 Å². The van der Waals surface area contributed by atoms with E-state index in [4.69, 9.17) is 5.73 Å². The van der Waals surface area contributed by atoms with Crippen molar-refractivity contribution in [1.82, 2.24) is 15.5 Å². The fourth-order valence-electron chi connectivity index (χ4n) is 2.00. The smallest absolute Gasteiger partial charge is 0.269 e. The molecule has 0 saturated heterocycles. The molecule has 1 rings (SSSR count). The standard InChI is InChI=1S/C12H22N4O/c1-7(2)9(8(3)4)6-14-12(17)10-5-11(13)16-15-10/h5,7-9H,6H2,1-4H3,(H,14,17)(H3,13,15,16). The topological polar surface area (TPSA) is 83.8 Å². The number of nitrogens with two attached hydrogens (primary N) is 1. The van der Waals surface area contributed by atoms with E-state index in [0.717, 1.165) is 0 Å². The van der Waals surface area contributed by atoms with Gasteiger partial charge in [-0.3, -0.25) is 9.89 Å². The number of carbonyl (C=O) groups excluding carboxylic acids is 1. The largest absolute Gasteiger partial charge is 0.382 e. The summed E-state index contributed by atoms with van der Waals surface area (Å²) in [6, 6.07) is 1.54. The van der Waals surface area contributed by atoms with Gasteiger partial charge in [0.05, 0.1) is 0 Å². The molecule has 0 radical (unpaired) electrons. The number of hydrogen-bond donors (Lipinski definition) is 3. The first-order chi connectivity index (χ1) is 7.91. The van der Waals surface area contributed by atoms with Crippen LogP contribution in [0.2, 0.25) is 0 Å². The van der Waals surface area contributed by atoms with E-state index in [0.29, 0.717) is 35.8 Å². The number of nitrogens with one attached hydrogen (secondary N) is 2. The van der Waals surface area contributed by atoms with Crippen molar-refractivity contribution in [2.45, 2.75) is 27.7 Å². The minimum Gasteiger partial charge on any atom is -0.382 e. The van der Waals surface area contributed by atoms with E-state index in [1.165, 1.54) is 6.07 Å². The molecule has 5 nitrogen and oxygen atoms in total. The Morgan fingerprint density at radius 1 is 1.41 bits per heavy atom. The number of nitrogen functional groups attached to an aromatic ring is 1. The van der Waals surface area contributed by atoms with Crippen LogP contribution < -0.4 is 11.1 Å². The van der Waals surface area contributed by atoms with Crippen molar-refractivity contribution in [3.8, 4) is 0 Å². The van der Waals surface area contributed by atoms with Crippen LogP contribution in [0.5, 0.6) is 0 Å². The van der Waals surface area contributed by atoms with Crippen molar-refractivity contribution in [3.63, 3.8) is 0 Å². The van der Waals surface area contributed by atoms with Gasteiger partial charge in [-0.1, -0.05) is 27.7 Å². The van der Waals surface area contributed by atoms with Crippen molar-refractivity contribution in [1.29, 1.82) is 0 Å². The molecule has 0 unspecified atom stereocenters. The number of rotatable bonds is 5. The summed E-state index contributed by atoms with van der Waals surface area (Å²) in [5.74, 6) is 1.74. The van der Waals surface area contributed by atoms with Crippen LogP contribution in [0.25, 0.3) is 0 Å². The van der Waals surface area contributed by atoms with Crippen molar-refractivity contribution in [2.75, 3.05) is 12.3 Å². The summed E-state index contributed by atoms with van der Waals surface area (Å²) >= 11 is 0. The normalized spacial score (nSPS) is 11.5. The first-order valence-electron chi connectivity index (χ1n) is 6.01. The van der Waals surface area contributed by atoms with Gasteiger partial charge in [0, 0.05) is 12.6 Å². The van der Waals surface area contributed by atoms with E-state index in [-0.39, 0.29) is 5.91 Å². The van der Waals surface area contributed by atoms with Crippen LogP contribution in [-0.2, 0) is 0 Å². The van der Waals surface area contributed by atoms with Crippen molar-refractivity contribution < 1.29 is 4.79 Å². The highest BCUT2D eigenvalue weighted by Gasteiger charge is 2.19. The van der Waals surface area contributed by atoms with Gasteiger partial charge >= 0.3 is 0 Å². The monoisotopic (exact) mass is 238 g/mol. The predicted molar refractivity (Wildman–Crippen MR) is 68.5 cm³/mol. The number of aromatic amines is 1. The van der Waals surface area contributed by atoms with Crippen LogP contribution in [0.3, 0.4) is 0 Å². The molecule has 0 aromatic carbocycles. The molecular formula is C12H22N4O. The Hall–Kier alpha value is -1.52. The maximum atomic E-state index is 11.8. The number of H-pyrrole nitrogens is 1. The number of carbonyl (C=O) groups is 1. The van der Waals surface area contributed by atoms with E-state index >= 15 is 0 Å². The number of anilines is 1. The molecule has 1 aromatic heterocycles. The maximum absolute atomic E-state index is 11.8. The number of hydrogen-bond acceptors (Lipinski definition) is 3. The second-order valence-corrected chi connectivity index (χ2v) is 5.07. The Bertz CT molecular complexity index is 362. The van der Waals surface area contributed by atoms with E-state index in [1.54, 1.807) is 0 Å². The molecule has 4 N–H and O–H groups in total. The van der Waals surface area contributed by atoms with Gasteiger partial charge in [-0.25, -0.2) is 0 Å². The van der Waals surface area contributed by atoms with E-state index < -0.39 is 0 Å². The Balaban J connectivity index is 2.52. The quantitative estimate of drug-likeness (QED) is 0.729. The van der Waals surface area contributed by atoms with E-state index in [9.17, 15) is 4.79 Å². The molecule has 1 heterocycles. The lowest BCUT2D eigenvalue weighted by atomic mass is 9.85. The molecule has 0 aliphatic rings. The Kier molecular flexibility index (Phi) is 4.54. The summed E-state index contributed by atoms with van der Waals surface area (Å²) in [6.45, 7) is 9.36. The van der Waals surface area contributed by atoms with Crippen LogP contribution in [0.4, 0.5) is 5.82 Å². The SMILES string of the molecule is CC(C)C(CNC(=O)c1cc(N)n[nH]1)C(C)C. The van der Waals surface area contributed by atoms with Gasteiger partial charge < -0.3 is 11.1 Å². The molecule has 17 heavy (non-hydrogen) atoms. The molecule has 0 fully saturated rings. The molecule has 5 heteroatoms. The molecular weight excluding hydrogens is 216 g/mol. The highest BCUT2D eigenvalue weighted by molar-refractivity contribution is 5.92. The summed E-state index contributed by atoms with van der Waals surface area (Å²) in [7, 11) is 0. The molecule has 1 amide bonds. The number of amides is 1. The summed E-state index contributed by atoms with van der Waals surface area (Å²) in [4.78, 5) is 11.8. The molecule has 0 aliphatic carbocycles. The third kappa shape index (κ3) is 3.76. The van der Waals surface area contributed by atoms with E-state index in [2.05, 4.69) is 43.2 Å². The van der Waals surface area contributed by atoms with Gasteiger partial charge in [0.25, 0.3) is 5.91 Å². The minimum absolute atomic E-state index is 0.152. The Morgan fingerprint density at radius 3 is 2.41 bits per heavy atom. The molecule has 1 aromatic rings. The molecule has 0 atom stereocenters. The highest BCUT2D eigenvalue weighted by Crippen LogP contribution is 2.19. The lowest BCUT2D eigenvalue weighted by Crippen LogP contribution is -2.34. The summed E-state index contributed by atoms with van der Waals surface area (Å²) in [5.41, 5.74) is 5.86. The zero-order valence-corrected chi connectivity index (χ0v) is 10.9. The van der Waals surface area contributed by atoms with Crippen LogP contribution in [0, 0.1) is 17.8 Å². The minimum atomic E-state index is -0.152. The third-order valence-corrected chi connectivity index (χ3v) is 3.05. The fraction of sp³-hybridized carbons (Fsp3) is 0.667. The molecule has 96 valence electrons. The van der Waals surface area contributed by atoms with Gasteiger partial charge in [-0.15, -0.1) is 0 Å². The first-order valence-corrected chi connectivity index (χ1v) is 6.01. The third-order valence-electron chi connectivity index (χ3n) is 3.05. The van der Waals surface area contributed by atoms with Gasteiger partial charge in [0.15, 0.2) is 0 Å². The predicted octanol–water partition coefficient (Wildman–Crippen LogP) is 1.65. The van der Waals surface area contributed by atoms with Gasteiger partial charge in [-0.05, 0) is 17.8 Å². The summed E-state index contributed by atoms with van der Waals surface area (Å²) in [6.07, 6.45) is 0. The Morgan fingerprint density at radius 2 is 2.00 bits per heavy atom. The van der Waals surface area contributed by atoms with E-state index in [1.807, 2.05) is 0 Å². The molecule has 0 aliphatic heterocycles.